The molecule has 0 aliphatic carbocycles. The van der Waals surface area contributed by atoms with Crippen molar-refractivity contribution in [2.75, 3.05) is 12.4 Å². The SMILES string of the molecule is O=[N+]([O-])c1ccc(SCCCO)c(C(F)F)c1. The van der Waals surface area contributed by atoms with Crippen LogP contribution in [0.25, 0.3) is 0 Å². The Hall–Kier alpha value is -1.21. The molecule has 1 aromatic rings. The molecule has 0 heterocycles. The minimum absolute atomic E-state index is 0.00993. The lowest BCUT2D eigenvalue weighted by Gasteiger charge is -2.07. The summed E-state index contributed by atoms with van der Waals surface area (Å²) in [6.07, 6.45) is -2.25. The molecule has 0 saturated heterocycles. The van der Waals surface area contributed by atoms with Crippen molar-refractivity contribution in [2.24, 2.45) is 0 Å². The monoisotopic (exact) mass is 263 g/mol. The van der Waals surface area contributed by atoms with E-state index in [0.717, 1.165) is 17.8 Å². The van der Waals surface area contributed by atoms with Gasteiger partial charge in [-0.15, -0.1) is 11.8 Å². The molecule has 0 fully saturated rings. The second-order valence-corrected chi connectivity index (χ2v) is 4.34. The zero-order valence-electron chi connectivity index (χ0n) is 8.81. The molecule has 7 heteroatoms. The maximum absolute atomic E-state index is 12.7. The fourth-order valence-electron chi connectivity index (χ4n) is 1.20. The Balaban J connectivity index is 2.92. The molecule has 0 aliphatic heterocycles. The van der Waals surface area contributed by atoms with Gasteiger partial charge in [0, 0.05) is 35.0 Å². The highest BCUT2D eigenvalue weighted by Crippen LogP contribution is 2.33. The third-order valence-electron chi connectivity index (χ3n) is 2.00. The summed E-state index contributed by atoms with van der Waals surface area (Å²) in [4.78, 5) is 10.1. The summed E-state index contributed by atoms with van der Waals surface area (Å²) in [6, 6.07) is 3.42. The number of nitro benzene ring substituents is 1. The zero-order valence-corrected chi connectivity index (χ0v) is 9.62. The number of non-ortho nitro benzene ring substituents is 1. The van der Waals surface area contributed by atoms with Gasteiger partial charge in [-0.2, -0.15) is 0 Å². The van der Waals surface area contributed by atoms with Crippen molar-refractivity contribution < 1.29 is 18.8 Å². The minimum Gasteiger partial charge on any atom is -0.396 e. The van der Waals surface area contributed by atoms with E-state index >= 15 is 0 Å². The van der Waals surface area contributed by atoms with Gasteiger partial charge in [-0.25, -0.2) is 8.78 Å². The summed E-state index contributed by atoms with van der Waals surface area (Å²) >= 11 is 1.16. The van der Waals surface area contributed by atoms with Crippen LogP contribution in [0, 0.1) is 10.1 Å². The normalized spacial score (nSPS) is 10.8. The predicted octanol–water partition coefficient (Wildman–Crippen LogP) is 3.01. The van der Waals surface area contributed by atoms with Crippen LogP contribution in [0.15, 0.2) is 23.1 Å². The summed E-state index contributed by atoms with van der Waals surface area (Å²) in [5, 5.41) is 19.1. The maximum Gasteiger partial charge on any atom is 0.269 e. The molecule has 0 atom stereocenters. The number of aliphatic hydroxyl groups excluding tert-OH is 1. The minimum atomic E-state index is -2.74. The van der Waals surface area contributed by atoms with Crippen molar-refractivity contribution in [1.82, 2.24) is 0 Å². The highest BCUT2D eigenvalue weighted by atomic mass is 32.2. The van der Waals surface area contributed by atoms with E-state index in [-0.39, 0.29) is 17.9 Å². The highest BCUT2D eigenvalue weighted by molar-refractivity contribution is 7.99. The number of hydrogen-bond acceptors (Lipinski definition) is 4. The molecule has 1 rings (SSSR count). The molecule has 0 saturated carbocycles. The maximum atomic E-state index is 12.7. The number of alkyl halides is 2. The second kappa shape index (κ2) is 6.51. The van der Waals surface area contributed by atoms with Crippen LogP contribution in [0.4, 0.5) is 14.5 Å². The van der Waals surface area contributed by atoms with Crippen LogP contribution < -0.4 is 0 Å². The predicted molar refractivity (Wildman–Crippen MR) is 60.5 cm³/mol. The number of nitro groups is 1. The number of nitrogens with zero attached hydrogens (tertiary/aromatic N) is 1. The van der Waals surface area contributed by atoms with Crippen molar-refractivity contribution in [3.05, 3.63) is 33.9 Å². The van der Waals surface area contributed by atoms with Crippen molar-refractivity contribution in [3.8, 4) is 0 Å². The number of halogens is 2. The first-order valence-corrected chi connectivity index (χ1v) is 5.85. The lowest BCUT2D eigenvalue weighted by atomic mass is 10.2. The van der Waals surface area contributed by atoms with Gasteiger partial charge < -0.3 is 5.11 Å². The highest BCUT2D eigenvalue weighted by Gasteiger charge is 2.17. The molecular weight excluding hydrogens is 252 g/mol. The molecule has 0 aromatic heterocycles. The lowest BCUT2D eigenvalue weighted by molar-refractivity contribution is -0.385. The number of aliphatic hydroxyl groups is 1. The van der Waals surface area contributed by atoms with Crippen LogP contribution in [-0.4, -0.2) is 22.4 Å². The first-order chi connectivity index (χ1) is 8.06. The van der Waals surface area contributed by atoms with Gasteiger partial charge in [-0.1, -0.05) is 0 Å². The average molecular weight is 263 g/mol. The molecule has 1 N–H and O–H groups in total. The molecule has 0 aliphatic rings. The van der Waals surface area contributed by atoms with Crippen LogP contribution >= 0.6 is 11.8 Å². The summed E-state index contributed by atoms with van der Waals surface area (Å²) in [6.45, 7) is -0.00993. The zero-order chi connectivity index (χ0) is 12.8. The fourth-order valence-corrected chi connectivity index (χ4v) is 2.17. The van der Waals surface area contributed by atoms with Gasteiger partial charge in [-0.05, 0) is 12.5 Å². The number of thioether (sulfide) groups is 1. The Morgan fingerprint density at radius 3 is 2.71 bits per heavy atom. The van der Waals surface area contributed by atoms with Gasteiger partial charge in [0.2, 0.25) is 0 Å². The molecule has 0 radical (unpaired) electrons. The van der Waals surface area contributed by atoms with Crippen LogP contribution in [0.5, 0.6) is 0 Å². The first-order valence-electron chi connectivity index (χ1n) is 4.86. The van der Waals surface area contributed by atoms with Gasteiger partial charge >= 0.3 is 0 Å². The van der Waals surface area contributed by atoms with E-state index in [1.54, 1.807) is 0 Å². The summed E-state index contributed by atoms with van der Waals surface area (Å²) < 4.78 is 25.4. The topological polar surface area (TPSA) is 63.4 Å². The molecule has 0 unspecified atom stereocenters. The van der Waals surface area contributed by atoms with Crippen molar-refractivity contribution in [1.29, 1.82) is 0 Å². The van der Waals surface area contributed by atoms with E-state index in [2.05, 4.69) is 0 Å². The Labute approximate surface area is 101 Å². The lowest BCUT2D eigenvalue weighted by Crippen LogP contribution is -1.95. The Morgan fingerprint density at radius 2 is 2.18 bits per heavy atom. The summed E-state index contributed by atoms with van der Waals surface area (Å²) in [5.41, 5.74) is -0.672. The third kappa shape index (κ3) is 3.94. The molecule has 0 spiro atoms. The fraction of sp³-hybridized carbons (Fsp3) is 0.400. The van der Waals surface area contributed by atoms with Crippen molar-refractivity contribution in [3.63, 3.8) is 0 Å². The van der Waals surface area contributed by atoms with Crippen molar-refractivity contribution >= 4 is 17.4 Å². The van der Waals surface area contributed by atoms with E-state index in [1.807, 2.05) is 0 Å². The van der Waals surface area contributed by atoms with Crippen LogP contribution in [-0.2, 0) is 0 Å². The Bertz CT molecular complexity index is 401. The second-order valence-electron chi connectivity index (χ2n) is 3.21. The Kier molecular flexibility index (Phi) is 5.30. The smallest absolute Gasteiger partial charge is 0.269 e. The third-order valence-corrected chi connectivity index (χ3v) is 3.17. The summed E-state index contributed by atoms with van der Waals surface area (Å²) in [5.74, 6) is 0.494. The van der Waals surface area contributed by atoms with Crippen LogP contribution in [0.2, 0.25) is 0 Å². The van der Waals surface area contributed by atoms with Gasteiger partial charge in [0.25, 0.3) is 12.1 Å². The van der Waals surface area contributed by atoms with Gasteiger partial charge in [0.05, 0.1) is 4.92 Å². The van der Waals surface area contributed by atoms with E-state index in [9.17, 15) is 18.9 Å². The van der Waals surface area contributed by atoms with Gasteiger partial charge in [0.15, 0.2) is 0 Å². The van der Waals surface area contributed by atoms with Gasteiger partial charge in [-0.3, -0.25) is 10.1 Å². The van der Waals surface area contributed by atoms with E-state index < -0.39 is 11.3 Å². The number of benzene rings is 1. The Morgan fingerprint density at radius 1 is 1.47 bits per heavy atom. The molecule has 94 valence electrons. The van der Waals surface area contributed by atoms with E-state index in [1.165, 1.54) is 12.1 Å². The number of rotatable bonds is 6. The van der Waals surface area contributed by atoms with E-state index in [0.29, 0.717) is 17.1 Å². The molecular formula is C10H11F2NO3S. The molecule has 17 heavy (non-hydrogen) atoms. The number of hydrogen-bond donors (Lipinski definition) is 1. The largest absolute Gasteiger partial charge is 0.396 e. The molecule has 0 bridgehead atoms. The molecule has 4 nitrogen and oxygen atoms in total. The van der Waals surface area contributed by atoms with E-state index in [4.69, 9.17) is 5.11 Å². The van der Waals surface area contributed by atoms with Gasteiger partial charge in [0.1, 0.15) is 0 Å². The van der Waals surface area contributed by atoms with Crippen LogP contribution in [0.3, 0.4) is 0 Å². The average Bonchev–Trinajstić information content (AvgIpc) is 2.29. The standard InChI is InChI=1S/C10H11F2NO3S/c11-10(12)8-6-7(13(15)16)2-3-9(8)17-5-1-4-14/h2-3,6,10,14H,1,4-5H2. The first kappa shape index (κ1) is 13.9. The summed E-state index contributed by atoms with van der Waals surface area (Å²) in [7, 11) is 0. The molecule has 0 amide bonds. The quantitative estimate of drug-likeness (QED) is 0.371. The molecule has 1 aromatic carbocycles. The van der Waals surface area contributed by atoms with Crippen molar-refractivity contribution in [2.45, 2.75) is 17.7 Å². The van der Waals surface area contributed by atoms with Crippen LogP contribution in [0.1, 0.15) is 18.4 Å².